The average molecular weight is 338 g/mol. The lowest BCUT2D eigenvalue weighted by atomic mass is 10.2. The van der Waals surface area contributed by atoms with Gasteiger partial charge in [-0.05, 0) is 30.3 Å². The zero-order valence-electron chi connectivity index (χ0n) is 12.3. The molecule has 1 aliphatic heterocycles. The molecule has 8 heteroatoms. The average Bonchev–Trinajstić information content (AvgIpc) is 3.00. The quantitative estimate of drug-likeness (QED) is 0.896. The molecule has 0 saturated heterocycles. The van der Waals surface area contributed by atoms with Crippen LogP contribution in [0.5, 0.6) is 11.5 Å². The second kappa shape index (κ2) is 6.31. The molecule has 0 unspecified atom stereocenters. The van der Waals surface area contributed by atoms with Gasteiger partial charge in [-0.3, -0.25) is 4.79 Å². The number of alkyl halides is 3. The summed E-state index contributed by atoms with van der Waals surface area (Å²) in [5, 5.41) is 5.29. The minimum Gasteiger partial charge on any atom is -0.454 e. The van der Waals surface area contributed by atoms with E-state index in [1.54, 1.807) is 18.2 Å². The van der Waals surface area contributed by atoms with Crippen LogP contribution in [0.2, 0.25) is 0 Å². The Kier molecular flexibility index (Phi) is 4.20. The van der Waals surface area contributed by atoms with Crippen LogP contribution in [0.1, 0.15) is 5.56 Å². The first-order valence-corrected chi connectivity index (χ1v) is 7.02. The maximum Gasteiger partial charge on any atom is 0.416 e. The lowest BCUT2D eigenvalue weighted by molar-refractivity contribution is -0.137. The van der Waals surface area contributed by atoms with E-state index in [1.807, 2.05) is 0 Å². The van der Waals surface area contributed by atoms with Gasteiger partial charge >= 0.3 is 6.18 Å². The third-order valence-electron chi connectivity index (χ3n) is 3.30. The fourth-order valence-electron chi connectivity index (χ4n) is 2.17. The molecule has 126 valence electrons. The summed E-state index contributed by atoms with van der Waals surface area (Å²) in [5.41, 5.74) is -0.0515. The van der Waals surface area contributed by atoms with Crippen molar-refractivity contribution in [2.75, 3.05) is 24.0 Å². The lowest BCUT2D eigenvalue weighted by Gasteiger charge is -2.11. The molecule has 1 aliphatic rings. The van der Waals surface area contributed by atoms with Crippen LogP contribution in [-0.4, -0.2) is 19.2 Å². The van der Waals surface area contributed by atoms with E-state index in [4.69, 9.17) is 9.47 Å². The van der Waals surface area contributed by atoms with Crippen LogP contribution in [0.15, 0.2) is 42.5 Å². The van der Waals surface area contributed by atoms with Gasteiger partial charge in [0.1, 0.15) is 0 Å². The van der Waals surface area contributed by atoms with E-state index in [-0.39, 0.29) is 19.0 Å². The minimum absolute atomic E-state index is 0.129. The fraction of sp³-hybridized carbons (Fsp3) is 0.188. The van der Waals surface area contributed by atoms with E-state index in [9.17, 15) is 18.0 Å². The Hall–Kier alpha value is -2.90. The minimum atomic E-state index is -4.42. The molecule has 2 aromatic carbocycles. The number of ether oxygens (including phenoxy) is 2. The van der Waals surface area contributed by atoms with Crippen LogP contribution in [0.3, 0.4) is 0 Å². The molecule has 1 amide bonds. The molecule has 3 rings (SSSR count). The molecule has 5 nitrogen and oxygen atoms in total. The highest BCUT2D eigenvalue weighted by molar-refractivity contribution is 5.94. The Morgan fingerprint density at radius 1 is 1.04 bits per heavy atom. The van der Waals surface area contributed by atoms with Crippen molar-refractivity contribution in [3.8, 4) is 11.5 Å². The summed E-state index contributed by atoms with van der Waals surface area (Å²) < 4.78 is 48.3. The number of halogens is 3. The molecular weight excluding hydrogens is 325 g/mol. The van der Waals surface area contributed by atoms with Gasteiger partial charge in [-0.25, -0.2) is 0 Å². The number of carbonyl (C=O) groups is 1. The number of rotatable bonds is 4. The van der Waals surface area contributed by atoms with Gasteiger partial charge in [-0.15, -0.1) is 0 Å². The molecule has 0 fully saturated rings. The van der Waals surface area contributed by atoms with Crippen LogP contribution < -0.4 is 20.1 Å². The van der Waals surface area contributed by atoms with Crippen molar-refractivity contribution in [1.29, 1.82) is 0 Å². The molecule has 2 N–H and O–H groups in total. The Bertz CT molecular complexity index is 762. The third-order valence-corrected chi connectivity index (χ3v) is 3.30. The second-order valence-corrected chi connectivity index (χ2v) is 5.05. The number of amides is 1. The van der Waals surface area contributed by atoms with Crippen LogP contribution in [0, 0.1) is 0 Å². The number of hydrogen-bond donors (Lipinski definition) is 2. The highest BCUT2D eigenvalue weighted by atomic mass is 19.4. The Morgan fingerprint density at radius 3 is 2.62 bits per heavy atom. The summed E-state index contributed by atoms with van der Waals surface area (Å²) >= 11 is 0. The van der Waals surface area contributed by atoms with Gasteiger partial charge < -0.3 is 20.1 Å². The summed E-state index contributed by atoms with van der Waals surface area (Å²) in [5.74, 6) is 0.722. The zero-order valence-corrected chi connectivity index (χ0v) is 12.3. The van der Waals surface area contributed by atoms with Gasteiger partial charge in [0.15, 0.2) is 11.5 Å². The second-order valence-electron chi connectivity index (χ2n) is 5.05. The van der Waals surface area contributed by atoms with Gasteiger partial charge in [0.25, 0.3) is 0 Å². The zero-order chi connectivity index (χ0) is 17.2. The first kappa shape index (κ1) is 16.0. The first-order chi connectivity index (χ1) is 11.4. The Morgan fingerprint density at radius 2 is 1.83 bits per heavy atom. The van der Waals surface area contributed by atoms with Gasteiger partial charge in [0, 0.05) is 17.4 Å². The van der Waals surface area contributed by atoms with E-state index in [0.29, 0.717) is 17.2 Å². The van der Waals surface area contributed by atoms with Crippen molar-refractivity contribution in [3.63, 3.8) is 0 Å². The molecule has 0 aliphatic carbocycles. The number of carbonyl (C=O) groups excluding carboxylic acids is 1. The number of fused-ring (bicyclic) bond motifs is 1. The van der Waals surface area contributed by atoms with E-state index in [1.165, 1.54) is 12.1 Å². The van der Waals surface area contributed by atoms with Crippen molar-refractivity contribution in [2.24, 2.45) is 0 Å². The summed E-state index contributed by atoms with van der Waals surface area (Å²) in [4.78, 5) is 11.9. The van der Waals surface area contributed by atoms with Crippen molar-refractivity contribution >= 4 is 17.3 Å². The SMILES string of the molecule is O=C(CNc1cccc(C(F)(F)F)c1)Nc1ccc2c(c1)OCO2. The van der Waals surface area contributed by atoms with Gasteiger partial charge in [-0.2, -0.15) is 13.2 Å². The molecule has 0 spiro atoms. The highest BCUT2D eigenvalue weighted by Gasteiger charge is 2.30. The number of nitrogens with one attached hydrogen (secondary N) is 2. The van der Waals surface area contributed by atoms with Crippen molar-refractivity contribution in [1.82, 2.24) is 0 Å². The van der Waals surface area contributed by atoms with Crippen LogP contribution in [0.25, 0.3) is 0 Å². The standard InChI is InChI=1S/C16H13F3N2O3/c17-16(18,19)10-2-1-3-11(6-10)20-8-15(22)21-12-4-5-13-14(7-12)24-9-23-13/h1-7,20H,8-9H2,(H,21,22). The normalized spacial score (nSPS) is 12.8. The molecule has 24 heavy (non-hydrogen) atoms. The van der Waals surface area contributed by atoms with Gasteiger partial charge in [-0.1, -0.05) is 6.07 Å². The molecular formula is C16H13F3N2O3. The predicted molar refractivity (Wildman–Crippen MR) is 81.1 cm³/mol. The molecule has 0 atom stereocenters. The van der Waals surface area contributed by atoms with Crippen LogP contribution in [0.4, 0.5) is 24.5 Å². The lowest BCUT2D eigenvalue weighted by Crippen LogP contribution is -2.21. The number of anilines is 2. The van der Waals surface area contributed by atoms with E-state index >= 15 is 0 Å². The molecule has 0 bridgehead atoms. The molecule has 0 saturated carbocycles. The summed E-state index contributed by atoms with van der Waals surface area (Å²) in [6.07, 6.45) is -4.42. The van der Waals surface area contributed by atoms with Gasteiger partial charge in [0.05, 0.1) is 12.1 Å². The summed E-state index contributed by atoms with van der Waals surface area (Å²) in [6, 6.07) is 9.59. The molecule has 0 aromatic heterocycles. The van der Waals surface area contributed by atoms with Gasteiger partial charge in [0.2, 0.25) is 12.7 Å². The predicted octanol–water partition coefficient (Wildman–Crippen LogP) is 3.48. The first-order valence-electron chi connectivity index (χ1n) is 7.02. The van der Waals surface area contributed by atoms with E-state index in [2.05, 4.69) is 10.6 Å². The van der Waals surface area contributed by atoms with E-state index in [0.717, 1.165) is 12.1 Å². The summed E-state index contributed by atoms with van der Waals surface area (Å²) in [6.45, 7) is -0.0421. The highest BCUT2D eigenvalue weighted by Crippen LogP contribution is 2.34. The Balaban J connectivity index is 1.58. The third kappa shape index (κ3) is 3.70. The largest absolute Gasteiger partial charge is 0.454 e. The van der Waals surface area contributed by atoms with Crippen LogP contribution >= 0.6 is 0 Å². The smallest absolute Gasteiger partial charge is 0.416 e. The Labute approximate surface area is 135 Å². The van der Waals surface area contributed by atoms with E-state index < -0.39 is 17.6 Å². The molecule has 0 radical (unpaired) electrons. The number of hydrogen-bond acceptors (Lipinski definition) is 4. The molecule has 2 aromatic rings. The van der Waals surface area contributed by atoms with Crippen molar-refractivity contribution in [2.45, 2.75) is 6.18 Å². The fourth-order valence-corrected chi connectivity index (χ4v) is 2.17. The summed E-state index contributed by atoms with van der Waals surface area (Å²) in [7, 11) is 0. The monoisotopic (exact) mass is 338 g/mol. The molecule has 1 heterocycles. The maximum atomic E-state index is 12.6. The topological polar surface area (TPSA) is 59.6 Å². The van der Waals surface area contributed by atoms with Crippen molar-refractivity contribution < 1.29 is 27.4 Å². The van der Waals surface area contributed by atoms with Crippen molar-refractivity contribution in [3.05, 3.63) is 48.0 Å². The maximum absolute atomic E-state index is 12.6. The number of benzene rings is 2. The van der Waals surface area contributed by atoms with Crippen LogP contribution in [-0.2, 0) is 11.0 Å².